The number of carbonyl (C=O) groups is 2. The summed E-state index contributed by atoms with van der Waals surface area (Å²) in [5.74, 6) is -0.00693. The minimum atomic E-state index is -1.28. The lowest BCUT2D eigenvalue weighted by Crippen LogP contribution is -2.52. The third-order valence-electron chi connectivity index (χ3n) is 5.99. The Morgan fingerprint density at radius 3 is 2.48 bits per heavy atom. The molecule has 1 heterocycles. The summed E-state index contributed by atoms with van der Waals surface area (Å²) in [7, 11) is 0. The summed E-state index contributed by atoms with van der Waals surface area (Å²) in [6.45, 7) is 6.12. The van der Waals surface area contributed by atoms with Crippen LogP contribution in [0.15, 0.2) is 24.3 Å². The summed E-state index contributed by atoms with van der Waals surface area (Å²) in [6.07, 6.45) is 1.72. The minimum absolute atomic E-state index is 0.264. The van der Waals surface area contributed by atoms with Crippen LogP contribution in [0.25, 0.3) is 0 Å². The van der Waals surface area contributed by atoms with Crippen molar-refractivity contribution < 1.29 is 14.7 Å². The van der Waals surface area contributed by atoms with Gasteiger partial charge in [-0.25, -0.2) is 0 Å². The predicted octanol–water partition coefficient (Wildman–Crippen LogP) is 2.48. The van der Waals surface area contributed by atoms with E-state index in [0.29, 0.717) is 44.3 Å². The van der Waals surface area contributed by atoms with Gasteiger partial charge < -0.3 is 15.7 Å². The Kier molecular flexibility index (Phi) is 5.13. The molecule has 3 N–H and O–H groups in total. The maximum atomic E-state index is 12.7. The average Bonchev–Trinajstić information content (AvgIpc) is 2.99. The third kappa shape index (κ3) is 3.30. The van der Waals surface area contributed by atoms with Crippen molar-refractivity contribution in [3.8, 4) is 0 Å². The molecule has 1 saturated heterocycles. The number of piperidine rings is 1. The largest absolute Gasteiger partial charge is 0.480 e. The summed E-state index contributed by atoms with van der Waals surface area (Å²) in [6, 6.07) is 8.45. The van der Waals surface area contributed by atoms with Gasteiger partial charge in [0, 0.05) is 12.5 Å². The lowest BCUT2D eigenvalue weighted by molar-refractivity contribution is -0.157. The van der Waals surface area contributed by atoms with E-state index in [1.807, 2.05) is 6.07 Å². The van der Waals surface area contributed by atoms with E-state index in [4.69, 9.17) is 0 Å². The molecule has 1 aromatic rings. The van der Waals surface area contributed by atoms with Crippen molar-refractivity contribution in [1.82, 2.24) is 10.6 Å². The van der Waals surface area contributed by atoms with Gasteiger partial charge in [0.15, 0.2) is 0 Å². The molecule has 5 nitrogen and oxygen atoms in total. The molecule has 1 fully saturated rings. The van der Waals surface area contributed by atoms with Gasteiger partial charge in [-0.3, -0.25) is 9.59 Å². The van der Waals surface area contributed by atoms with Gasteiger partial charge in [0.05, 0.1) is 0 Å². The highest BCUT2D eigenvalue weighted by Gasteiger charge is 2.47. The van der Waals surface area contributed by atoms with Crippen LogP contribution < -0.4 is 10.6 Å². The number of fused-ring (bicyclic) bond motifs is 1. The van der Waals surface area contributed by atoms with E-state index < -0.39 is 11.4 Å². The summed E-state index contributed by atoms with van der Waals surface area (Å²) in [5.41, 5.74) is 1.41. The highest BCUT2D eigenvalue weighted by atomic mass is 16.4. The maximum Gasteiger partial charge on any atom is 0.319 e. The Balaban J connectivity index is 1.71. The number of nitrogens with one attached hydrogen (secondary N) is 2. The van der Waals surface area contributed by atoms with Crippen LogP contribution in [0.1, 0.15) is 56.1 Å². The maximum absolute atomic E-state index is 12.7. The summed E-state index contributed by atoms with van der Waals surface area (Å²) in [4.78, 5) is 24.5. The number of aliphatic carboxylic acids is 1. The fraction of sp³-hybridized carbons (Fsp3) is 0.600. The highest BCUT2D eigenvalue weighted by molar-refractivity contribution is 6.02. The Bertz CT molecular complexity index is 650. The fourth-order valence-corrected chi connectivity index (χ4v) is 4.38. The number of carboxylic acids is 1. The van der Waals surface area contributed by atoms with Gasteiger partial charge in [-0.15, -0.1) is 0 Å². The third-order valence-corrected chi connectivity index (χ3v) is 5.99. The van der Waals surface area contributed by atoms with E-state index in [1.165, 1.54) is 11.1 Å². The van der Waals surface area contributed by atoms with Gasteiger partial charge in [-0.05, 0) is 55.3 Å². The summed E-state index contributed by atoms with van der Waals surface area (Å²) >= 11 is 0. The van der Waals surface area contributed by atoms with Gasteiger partial charge in [0.2, 0.25) is 5.91 Å². The molecule has 0 radical (unpaired) electrons. The predicted molar refractivity (Wildman–Crippen MR) is 96.6 cm³/mol. The average molecular weight is 344 g/mol. The molecule has 0 bridgehead atoms. The molecule has 1 aliphatic heterocycles. The van der Waals surface area contributed by atoms with Crippen LogP contribution in [0.4, 0.5) is 0 Å². The van der Waals surface area contributed by atoms with E-state index in [0.717, 1.165) is 6.42 Å². The molecular formula is C20H28N2O3. The van der Waals surface area contributed by atoms with Crippen LogP contribution in [-0.4, -0.2) is 36.6 Å². The van der Waals surface area contributed by atoms with E-state index in [-0.39, 0.29) is 11.8 Å². The van der Waals surface area contributed by atoms with Crippen LogP contribution >= 0.6 is 0 Å². The van der Waals surface area contributed by atoms with Crippen molar-refractivity contribution in [1.29, 1.82) is 0 Å². The van der Waals surface area contributed by atoms with E-state index in [2.05, 4.69) is 42.7 Å². The van der Waals surface area contributed by atoms with Gasteiger partial charge in [0.1, 0.15) is 5.41 Å². The van der Waals surface area contributed by atoms with Crippen LogP contribution in [0.5, 0.6) is 0 Å². The fourth-order valence-electron chi connectivity index (χ4n) is 4.38. The molecule has 1 aromatic carbocycles. The van der Waals surface area contributed by atoms with Crippen LogP contribution in [0.2, 0.25) is 0 Å². The van der Waals surface area contributed by atoms with Crippen LogP contribution in [-0.2, 0) is 9.59 Å². The van der Waals surface area contributed by atoms with Crippen LogP contribution in [0.3, 0.4) is 0 Å². The minimum Gasteiger partial charge on any atom is -0.480 e. The Morgan fingerprint density at radius 2 is 1.88 bits per heavy atom. The smallest absolute Gasteiger partial charge is 0.319 e. The second kappa shape index (κ2) is 7.16. The molecule has 2 aliphatic rings. The molecular weight excluding hydrogens is 316 g/mol. The lowest BCUT2D eigenvalue weighted by Gasteiger charge is -2.32. The number of amides is 1. The number of benzene rings is 1. The van der Waals surface area contributed by atoms with Gasteiger partial charge in [-0.2, -0.15) is 0 Å². The molecule has 136 valence electrons. The van der Waals surface area contributed by atoms with E-state index >= 15 is 0 Å². The van der Waals surface area contributed by atoms with E-state index in [9.17, 15) is 14.7 Å². The number of hydrogen-bond acceptors (Lipinski definition) is 3. The number of carbonyl (C=O) groups excluding carboxylic acids is 1. The standard InChI is InChI=1S/C20H28N2O3/c1-13(2)17-11-14(15-5-3-4-6-16(15)17)12-22-18(23)20(19(24)25)7-9-21-10-8-20/h3-6,13-14,17,21H,7-12H2,1-2H3,(H,22,23)(H,24,25)/t14-,17+/m1/s1. The first-order valence-electron chi connectivity index (χ1n) is 9.27. The van der Waals surface area contributed by atoms with Crippen molar-refractivity contribution in [3.05, 3.63) is 35.4 Å². The Hall–Kier alpha value is -1.88. The molecule has 1 aliphatic carbocycles. The summed E-state index contributed by atoms with van der Waals surface area (Å²) in [5, 5.41) is 15.7. The van der Waals surface area contributed by atoms with Gasteiger partial charge in [-0.1, -0.05) is 38.1 Å². The molecule has 2 atom stereocenters. The zero-order valence-corrected chi connectivity index (χ0v) is 15.0. The molecule has 25 heavy (non-hydrogen) atoms. The van der Waals surface area contributed by atoms with Crippen molar-refractivity contribution in [2.45, 2.75) is 44.9 Å². The summed E-state index contributed by atoms with van der Waals surface area (Å²) < 4.78 is 0. The Labute approximate surface area is 149 Å². The molecule has 3 rings (SSSR count). The normalized spacial score (nSPS) is 24.8. The first kappa shape index (κ1) is 17.9. The zero-order chi connectivity index (χ0) is 18.0. The zero-order valence-electron chi connectivity index (χ0n) is 15.0. The highest BCUT2D eigenvalue weighted by Crippen LogP contribution is 2.45. The first-order chi connectivity index (χ1) is 12.0. The number of hydrogen-bond donors (Lipinski definition) is 3. The second-order valence-corrected chi connectivity index (χ2v) is 7.76. The van der Waals surface area contributed by atoms with Gasteiger partial charge >= 0.3 is 5.97 Å². The van der Waals surface area contributed by atoms with Crippen molar-refractivity contribution in [3.63, 3.8) is 0 Å². The molecule has 0 spiro atoms. The Morgan fingerprint density at radius 1 is 1.24 bits per heavy atom. The lowest BCUT2D eigenvalue weighted by atomic mass is 9.78. The van der Waals surface area contributed by atoms with E-state index in [1.54, 1.807) is 0 Å². The molecule has 5 heteroatoms. The first-order valence-corrected chi connectivity index (χ1v) is 9.27. The van der Waals surface area contributed by atoms with Crippen molar-refractivity contribution in [2.75, 3.05) is 19.6 Å². The molecule has 0 unspecified atom stereocenters. The quantitative estimate of drug-likeness (QED) is 0.717. The number of carboxylic acid groups (broad SMARTS) is 1. The van der Waals surface area contributed by atoms with Gasteiger partial charge in [0.25, 0.3) is 0 Å². The van der Waals surface area contributed by atoms with Crippen LogP contribution in [0, 0.1) is 11.3 Å². The molecule has 1 amide bonds. The molecule has 0 aromatic heterocycles. The second-order valence-electron chi connectivity index (χ2n) is 7.76. The van der Waals surface area contributed by atoms with Crippen molar-refractivity contribution in [2.24, 2.45) is 11.3 Å². The topological polar surface area (TPSA) is 78.4 Å². The molecule has 0 saturated carbocycles. The monoisotopic (exact) mass is 344 g/mol. The number of rotatable bonds is 5. The SMILES string of the molecule is CC(C)[C@@H]1C[C@H](CNC(=O)C2(C(=O)O)CCNCC2)c2ccccc21. The van der Waals surface area contributed by atoms with Crippen molar-refractivity contribution >= 4 is 11.9 Å².